The summed E-state index contributed by atoms with van der Waals surface area (Å²) in [7, 11) is 0. The molecule has 18 heavy (non-hydrogen) atoms. The Morgan fingerprint density at radius 1 is 1.44 bits per heavy atom. The summed E-state index contributed by atoms with van der Waals surface area (Å²) in [6, 6.07) is 1.26. The van der Waals surface area contributed by atoms with Gasteiger partial charge < -0.3 is 4.74 Å². The van der Waals surface area contributed by atoms with Gasteiger partial charge in [-0.1, -0.05) is 6.08 Å². The largest absolute Gasteiger partial charge is 0.476 e. The Bertz CT molecular complexity index is 573. The lowest BCUT2D eigenvalue weighted by atomic mass is 9.95. The van der Waals surface area contributed by atoms with Crippen LogP contribution in [0.25, 0.3) is 6.08 Å². The minimum atomic E-state index is -0.590. The molecule has 5 heteroatoms. The highest BCUT2D eigenvalue weighted by Gasteiger charge is 2.30. The van der Waals surface area contributed by atoms with Crippen molar-refractivity contribution in [2.75, 3.05) is 0 Å². The van der Waals surface area contributed by atoms with Gasteiger partial charge in [0, 0.05) is 17.2 Å². The van der Waals surface area contributed by atoms with Crippen molar-refractivity contribution in [1.82, 2.24) is 0 Å². The number of nitro benzene ring substituents is 1. The summed E-state index contributed by atoms with van der Waals surface area (Å²) in [5.74, 6) is 0.232. The molecule has 0 atom stereocenters. The highest BCUT2D eigenvalue weighted by molar-refractivity contribution is 5.85. The van der Waals surface area contributed by atoms with Crippen molar-refractivity contribution in [1.29, 1.82) is 0 Å². The molecule has 0 amide bonds. The summed E-state index contributed by atoms with van der Waals surface area (Å²) >= 11 is 0. The molecule has 0 unspecified atom stereocenters. The number of carbonyl (C=O) groups is 1. The van der Waals surface area contributed by atoms with E-state index in [2.05, 4.69) is 0 Å². The van der Waals surface area contributed by atoms with Crippen molar-refractivity contribution in [3.8, 4) is 5.75 Å². The van der Waals surface area contributed by atoms with Gasteiger partial charge in [-0.05, 0) is 32.4 Å². The third-order valence-corrected chi connectivity index (χ3v) is 2.95. The van der Waals surface area contributed by atoms with Gasteiger partial charge in [-0.25, -0.2) is 0 Å². The number of carbonyl (C=O) groups excluding carboxylic acids is 1. The molecule has 2 rings (SSSR count). The lowest BCUT2D eigenvalue weighted by molar-refractivity contribution is -0.386. The van der Waals surface area contributed by atoms with Gasteiger partial charge >= 0.3 is 5.69 Å². The molecule has 0 aliphatic carbocycles. The monoisotopic (exact) mass is 247 g/mol. The van der Waals surface area contributed by atoms with Crippen LogP contribution in [0.2, 0.25) is 0 Å². The van der Waals surface area contributed by atoms with Crippen LogP contribution in [-0.4, -0.2) is 16.8 Å². The molecule has 1 aliphatic rings. The normalized spacial score (nSPS) is 15.7. The number of fused-ring (bicyclic) bond motifs is 1. The van der Waals surface area contributed by atoms with E-state index in [-0.39, 0.29) is 11.4 Å². The fourth-order valence-electron chi connectivity index (χ4n) is 1.93. The molecule has 0 spiro atoms. The molecule has 0 N–H and O–H groups in total. The van der Waals surface area contributed by atoms with Crippen molar-refractivity contribution in [2.45, 2.75) is 26.4 Å². The molecule has 0 radical (unpaired) electrons. The third kappa shape index (κ3) is 1.88. The van der Waals surface area contributed by atoms with Gasteiger partial charge in [0.05, 0.1) is 4.92 Å². The molecule has 0 bridgehead atoms. The van der Waals surface area contributed by atoms with Crippen LogP contribution in [0, 0.1) is 17.0 Å². The van der Waals surface area contributed by atoms with E-state index in [4.69, 9.17) is 4.74 Å². The van der Waals surface area contributed by atoms with Gasteiger partial charge in [0.15, 0.2) is 6.29 Å². The van der Waals surface area contributed by atoms with Gasteiger partial charge in [-0.15, -0.1) is 0 Å². The number of nitrogens with zero attached hydrogens (tertiary/aromatic N) is 1. The maximum Gasteiger partial charge on any atom is 0.312 e. The van der Waals surface area contributed by atoms with Crippen LogP contribution in [0.1, 0.15) is 35.3 Å². The minimum Gasteiger partial charge on any atom is -0.476 e. The Balaban J connectivity index is 2.76. The van der Waals surface area contributed by atoms with Crippen molar-refractivity contribution in [2.24, 2.45) is 0 Å². The highest BCUT2D eigenvalue weighted by atomic mass is 16.6. The summed E-state index contributed by atoms with van der Waals surface area (Å²) in [5, 5.41) is 11.0. The van der Waals surface area contributed by atoms with E-state index in [1.165, 1.54) is 6.07 Å². The number of nitro groups is 1. The summed E-state index contributed by atoms with van der Waals surface area (Å²) in [4.78, 5) is 21.4. The first-order valence-corrected chi connectivity index (χ1v) is 5.51. The fourth-order valence-corrected chi connectivity index (χ4v) is 1.93. The summed E-state index contributed by atoms with van der Waals surface area (Å²) < 4.78 is 5.65. The zero-order valence-corrected chi connectivity index (χ0v) is 10.4. The predicted octanol–water partition coefficient (Wildman–Crippen LogP) is 2.90. The van der Waals surface area contributed by atoms with Crippen LogP contribution in [0.5, 0.6) is 5.75 Å². The Morgan fingerprint density at radius 2 is 2.11 bits per heavy atom. The lowest BCUT2D eigenvalue weighted by Gasteiger charge is -2.28. The number of ether oxygens (including phenoxy) is 1. The van der Waals surface area contributed by atoms with Gasteiger partial charge in [-0.3, -0.25) is 14.9 Å². The Kier molecular flexibility index (Phi) is 2.69. The van der Waals surface area contributed by atoms with Crippen LogP contribution in [0.4, 0.5) is 5.69 Å². The molecule has 1 heterocycles. The Hall–Kier alpha value is -2.17. The quantitative estimate of drug-likeness (QED) is 0.457. The van der Waals surface area contributed by atoms with E-state index in [1.54, 1.807) is 13.0 Å². The van der Waals surface area contributed by atoms with Crippen LogP contribution in [0.3, 0.4) is 0 Å². The predicted molar refractivity (Wildman–Crippen MR) is 67.0 cm³/mol. The molecule has 1 aliphatic heterocycles. The summed E-state index contributed by atoms with van der Waals surface area (Å²) in [5.41, 5.74) is 0.846. The molecule has 1 aromatic carbocycles. The minimum absolute atomic E-state index is 0.171. The molecule has 1 aromatic rings. The topological polar surface area (TPSA) is 69.4 Å². The van der Waals surface area contributed by atoms with Gasteiger partial charge in [-0.2, -0.15) is 0 Å². The van der Waals surface area contributed by atoms with Crippen molar-refractivity contribution in [3.63, 3.8) is 0 Å². The molecular weight excluding hydrogens is 234 g/mol. The van der Waals surface area contributed by atoms with Gasteiger partial charge in [0.2, 0.25) is 5.75 Å². The smallest absolute Gasteiger partial charge is 0.312 e. The van der Waals surface area contributed by atoms with E-state index in [1.807, 2.05) is 19.9 Å². The summed E-state index contributed by atoms with van der Waals surface area (Å²) in [6.45, 7) is 5.39. The number of hydrogen-bond acceptors (Lipinski definition) is 4. The second-order valence-corrected chi connectivity index (χ2v) is 4.77. The SMILES string of the molecule is Cc1c(C=O)cc([N+](=O)[O-])c2c1C=CC(C)(C)O2. The van der Waals surface area contributed by atoms with Crippen molar-refractivity contribution in [3.05, 3.63) is 38.9 Å². The van der Waals surface area contributed by atoms with Crippen molar-refractivity contribution >= 4 is 18.0 Å². The number of hydrogen-bond donors (Lipinski definition) is 0. The molecule has 0 saturated carbocycles. The lowest BCUT2D eigenvalue weighted by Crippen LogP contribution is -2.28. The van der Waals surface area contributed by atoms with E-state index in [9.17, 15) is 14.9 Å². The second-order valence-electron chi connectivity index (χ2n) is 4.77. The maximum atomic E-state index is 11.0. The zero-order chi connectivity index (χ0) is 13.5. The first kappa shape index (κ1) is 12.3. The van der Waals surface area contributed by atoms with E-state index >= 15 is 0 Å². The molecule has 94 valence electrons. The number of benzene rings is 1. The number of aldehydes is 1. The average molecular weight is 247 g/mol. The van der Waals surface area contributed by atoms with Gasteiger partial charge in [0.25, 0.3) is 0 Å². The van der Waals surface area contributed by atoms with E-state index < -0.39 is 10.5 Å². The van der Waals surface area contributed by atoms with E-state index in [0.717, 1.165) is 0 Å². The Morgan fingerprint density at radius 3 is 2.67 bits per heavy atom. The summed E-state index contributed by atoms with van der Waals surface area (Å²) in [6.07, 6.45) is 4.21. The maximum absolute atomic E-state index is 11.0. The molecule has 0 saturated heterocycles. The third-order valence-electron chi connectivity index (χ3n) is 2.95. The van der Waals surface area contributed by atoms with Crippen LogP contribution in [-0.2, 0) is 0 Å². The van der Waals surface area contributed by atoms with Crippen LogP contribution < -0.4 is 4.74 Å². The van der Waals surface area contributed by atoms with Gasteiger partial charge in [0.1, 0.15) is 5.60 Å². The first-order chi connectivity index (χ1) is 8.35. The molecule has 5 nitrogen and oxygen atoms in total. The highest BCUT2D eigenvalue weighted by Crippen LogP contribution is 2.41. The van der Waals surface area contributed by atoms with E-state index in [0.29, 0.717) is 23.0 Å². The zero-order valence-electron chi connectivity index (χ0n) is 10.4. The fraction of sp³-hybridized carbons (Fsp3) is 0.308. The molecular formula is C13H13NO4. The molecule has 0 fully saturated rings. The Labute approximate surface area is 104 Å². The average Bonchev–Trinajstić information content (AvgIpc) is 2.27. The molecule has 0 aromatic heterocycles. The van der Waals surface area contributed by atoms with Crippen LogP contribution >= 0.6 is 0 Å². The van der Waals surface area contributed by atoms with Crippen LogP contribution in [0.15, 0.2) is 12.1 Å². The standard InChI is InChI=1S/C13H13NO4/c1-8-9(7-15)6-11(14(16)17)12-10(8)4-5-13(2,3)18-12/h4-7H,1-3H3. The first-order valence-electron chi connectivity index (χ1n) is 5.51. The van der Waals surface area contributed by atoms with Crippen molar-refractivity contribution < 1.29 is 14.5 Å². The number of rotatable bonds is 2. The second kappa shape index (κ2) is 3.94.